The van der Waals surface area contributed by atoms with E-state index in [-0.39, 0.29) is 24.2 Å². The highest BCUT2D eigenvalue weighted by atomic mass is 32.1. The molecule has 0 spiro atoms. The van der Waals surface area contributed by atoms with Crippen molar-refractivity contribution in [1.29, 1.82) is 0 Å². The maximum atomic E-state index is 12.4. The number of hydrogen-bond donors (Lipinski definition) is 2. The van der Waals surface area contributed by atoms with Crippen LogP contribution in [0.15, 0.2) is 35.8 Å². The van der Waals surface area contributed by atoms with Gasteiger partial charge in [0, 0.05) is 36.7 Å². The van der Waals surface area contributed by atoms with Crippen molar-refractivity contribution >= 4 is 28.3 Å². The van der Waals surface area contributed by atoms with Gasteiger partial charge in [-0.2, -0.15) is 5.21 Å². The number of benzene rings is 1. The van der Waals surface area contributed by atoms with Gasteiger partial charge < -0.3 is 5.32 Å². The van der Waals surface area contributed by atoms with Gasteiger partial charge in [-0.05, 0) is 16.8 Å². The second-order valence-electron chi connectivity index (χ2n) is 5.87. The summed E-state index contributed by atoms with van der Waals surface area (Å²) in [7, 11) is 0. The molecule has 3 heterocycles. The van der Waals surface area contributed by atoms with Gasteiger partial charge in [-0.1, -0.05) is 18.2 Å². The lowest BCUT2D eigenvalue weighted by molar-refractivity contribution is -0.126. The van der Waals surface area contributed by atoms with Gasteiger partial charge >= 0.3 is 0 Å². The third-order valence-corrected chi connectivity index (χ3v) is 4.94. The van der Waals surface area contributed by atoms with Crippen molar-refractivity contribution in [2.75, 3.05) is 11.4 Å². The van der Waals surface area contributed by atoms with Crippen LogP contribution in [0.3, 0.4) is 0 Å². The lowest BCUT2D eigenvalue weighted by Crippen LogP contribution is -2.32. The largest absolute Gasteiger partial charge is 0.352 e. The van der Waals surface area contributed by atoms with Crippen molar-refractivity contribution in [3.8, 4) is 11.4 Å². The minimum absolute atomic E-state index is 0.0702. The number of aromatic nitrogens is 5. The van der Waals surface area contributed by atoms with Crippen molar-refractivity contribution in [3.63, 3.8) is 0 Å². The summed E-state index contributed by atoms with van der Waals surface area (Å²) < 4.78 is 0. The third-order valence-electron chi connectivity index (χ3n) is 4.14. The summed E-state index contributed by atoms with van der Waals surface area (Å²) in [6, 6.07) is 7.55. The molecule has 1 atom stereocenters. The third kappa shape index (κ3) is 3.31. The minimum Gasteiger partial charge on any atom is -0.352 e. The predicted molar refractivity (Wildman–Crippen MR) is 94.0 cm³/mol. The van der Waals surface area contributed by atoms with Gasteiger partial charge in [0.15, 0.2) is 5.13 Å². The van der Waals surface area contributed by atoms with Crippen LogP contribution in [0, 0.1) is 5.92 Å². The first-order valence-corrected chi connectivity index (χ1v) is 8.89. The summed E-state index contributed by atoms with van der Waals surface area (Å²) in [5.41, 5.74) is 1.73. The Morgan fingerprint density at radius 2 is 2.35 bits per heavy atom. The van der Waals surface area contributed by atoms with Crippen LogP contribution in [0.5, 0.6) is 0 Å². The summed E-state index contributed by atoms with van der Waals surface area (Å²) in [5.74, 6) is -0.0768. The van der Waals surface area contributed by atoms with Crippen molar-refractivity contribution in [3.05, 3.63) is 41.4 Å². The van der Waals surface area contributed by atoms with Crippen LogP contribution in [0.2, 0.25) is 0 Å². The van der Waals surface area contributed by atoms with E-state index in [1.54, 1.807) is 11.1 Å². The number of anilines is 1. The smallest absolute Gasteiger partial charge is 0.229 e. The van der Waals surface area contributed by atoms with E-state index in [4.69, 9.17) is 0 Å². The summed E-state index contributed by atoms with van der Waals surface area (Å²) in [4.78, 5) is 30.3. The lowest BCUT2D eigenvalue weighted by Gasteiger charge is -2.13. The number of nitrogens with zero attached hydrogens (tertiary/aromatic N) is 5. The monoisotopic (exact) mass is 369 g/mol. The van der Waals surface area contributed by atoms with Crippen LogP contribution in [-0.4, -0.2) is 44.0 Å². The number of rotatable bonds is 5. The fraction of sp³-hybridized carbons (Fsp3) is 0.250. The first kappa shape index (κ1) is 16.3. The molecule has 1 unspecified atom stereocenters. The van der Waals surface area contributed by atoms with E-state index in [0.717, 1.165) is 11.1 Å². The molecule has 1 aliphatic rings. The Morgan fingerprint density at radius 3 is 3.12 bits per heavy atom. The maximum absolute atomic E-state index is 12.4. The molecule has 10 heteroatoms. The van der Waals surface area contributed by atoms with E-state index < -0.39 is 0 Å². The molecule has 4 rings (SSSR count). The van der Waals surface area contributed by atoms with Crippen molar-refractivity contribution in [2.24, 2.45) is 5.92 Å². The normalized spacial score (nSPS) is 16.8. The first-order chi connectivity index (χ1) is 12.7. The number of thiazole rings is 1. The minimum atomic E-state index is -0.369. The Bertz CT molecular complexity index is 911. The topological polar surface area (TPSA) is 117 Å². The molecule has 132 valence electrons. The molecule has 2 aromatic heterocycles. The van der Waals surface area contributed by atoms with Gasteiger partial charge in [0.05, 0.1) is 5.92 Å². The highest BCUT2D eigenvalue weighted by Gasteiger charge is 2.36. The molecular formula is C16H15N7O2S. The van der Waals surface area contributed by atoms with Crippen molar-refractivity contribution < 1.29 is 9.59 Å². The fourth-order valence-corrected chi connectivity index (χ4v) is 3.52. The quantitative estimate of drug-likeness (QED) is 0.693. The van der Waals surface area contributed by atoms with Gasteiger partial charge in [-0.25, -0.2) is 4.98 Å². The fourth-order valence-electron chi connectivity index (χ4n) is 2.86. The number of tetrazole rings is 1. The highest BCUT2D eigenvalue weighted by molar-refractivity contribution is 7.13. The number of carbonyl (C=O) groups excluding carboxylic acids is 2. The molecule has 1 aromatic carbocycles. The summed E-state index contributed by atoms with van der Waals surface area (Å²) in [5, 5.41) is 19.2. The Balaban J connectivity index is 1.37. The molecule has 3 aromatic rings. The first-order valence-electron chi connectivity index (χ1n) is 8.01. The van der Waals surface area contributed by atoms with E-state index in [1.165, 1.54) is 11.3 Å². The molecule has 1 aliphatic heterocycles. The number of carbonyl (C=O) groups is 2. The van der Waals surface area contributed by atoms with E-state index in [2.05, 4.69) is 30.9 Å². The molecule has 2 amide bonds. The zero-order chi connectivity index (χ0) is 17.9. The number of amides is 2. The van der Waals surface area contributed by atoms with E-state index in [0.29, 0.717) is 24.0 Å². The standard InChI is InChI=1S/C16H15N7O2S/c24-13-7-12(9-23(13)16-17-4-5-26-16)15(25)18-8-10-2-1-3-11(6-10)14-19-21-22-20-14/h1-6,12H,7-9H2,(H,18,25)(H,19,20,21,22). The molecule has 9 nitrogen and oxygen atoms in total. The van der Waals surface area contributed by atoms with E-state index in [1.807, 2.05) is 29.6 Å². The van der Waals surface area contributed by atoms with Gasteiger partial charge in [-0.15, -0.1) is 21.5 Å². The molecule has 1 saturated heterocycles. The van der Waals surface area contributed by atoms with Crippen molar-refractivity contribution in [1.82, 2.24) is 30.9 Å². The molecule has 26 heavy (non-hydrogen) atoms. The Morgan fingerprint density at radius 1 is 1.42 bits per heavy atom. The lowest BCUT2D eigenvalue weighted by atomic mass is 10.1. The average molecular weight is 369 g/mol. The Kier molecular flexibility index (Phi) is 4.40. The SMILES string of the molecule is O=C(NCc1cccc(-c2nn[nH]n2)c1)C1CC(=O)N(c2nccs2)C1. The summed E-state index contributed by atoms with van der Waals surface area (Å²) >= 11 is 1.39. The van der Waals surface area contributed by atoms with Crippen molar-refractivity contribution in [2.45, 2.75) is 13.0 Å². The van der Waals surface area contributed by atoms with Gasteiger partial charge in [-0.3, -0.25) is 14.5 Å². The van der Waals surface area contributed by atoms with Crippen LogP contribution in [0.25, 0.3) is 11.4 Å². The summed E-state index contributed by atoms with van der Waals surface area (Å²) in [6.07, 6.45) is 1.85. The molecule has 0 bridgehead atoms. The second-order valence-corrected chi connectivity index (χ2v) is 6.75. The molecule has 0 radical (unpaired) electrons. The molecule has 0 aliphatic carbocycles. The molecule has 0 saturated carbocycles. The zero-order valence-corrected chi connectivity index (χ0v) is 14.4. The van der Waals surface area contributed by atoms with Crippen LogP contribution >= 0.6 is 11.3 Å². The zero-order valence-electron chi connectivity index (χ0n) is 13.6. The maximum Gasteiger partial charge on any atom is 0.229 e. The van der Waals surface area contributed by atoms with Crippen LogP contribution in [0.1, 0.15) is 12.0 Å². The molecular weight excluding hydrogens is 354 g/mol. The predicted octanol–water partition coefficient (Wildman–Crippen LogP) is 0.992. The van der Waals surface area contributed by atoms with E-state index >= 15 is 0 Å². The van der Waals surface area contributed by atoms with Crippen LogP contribution < -0.4 is 10.2 Å². The number of H-pyrrole nitrogens is 1. The number of nitrogens with one attached hydrogen (secondary N) is 2. The van der Waals surface area contributed by atoms with Crippen LogP contribution in [-0.2, 0) is 16.1 Å². The van der Waals surface area contributed by atoms with E-state index in [9.17, 15) is 9.59 Å². The molecule has 1 fully saturated rings. The second kappa shape index (κ2) is 7.00. The summed E-state index contributed by atoms with van der Waals surface area (Å²) in [6.45, 7) is 0.730. The van der Waals surface area contributed by atoms with Gasteiger partial charge in [0.2, 0.25) is 17.6 Å². The Labute approximate surface area is 152 Å². The van der Waals surface area contributed by atoms with Crippen LogP contribution in [0.4, 0.5) is 5.13 Å². The molecule has 2 N–H and O–H groups in total. The number of hydrogen-bond acceptors (Lipinski definition) is 7. The van der Waals surface area contributed by atoms with Gasteiger partial charge in [0.1, 0.15) is 0 Å². The highest BCUT2D eigenvalue weighted by Crippen LogP contribution is 2.26. The van der Waals surface area contributed by atoms with Gasteiger partial charge in [0.25, 0.3) is 0 Å². The average Bonchev–Trinajstić information content (AvgIpc) is 3.40. The number of aromatic amines is 1. The Hall–Kier alpha value is -3.14.